The van der Waals surface area contributed by atoms with Gasteiger partial charge in [-0.2, -0.15) is 0 Å². The van der Waals surface area contributed by atoms with E-state index in [1.54, 1.807) is 4.90 Å². The van der Waals surface area contributed by atoms with E-state index in [1.807, 2.05) is 24.3 Å². The van der Waals surface area contributed by atoms with E-state index in [0.29, 0.717) is 0 Å². The van der Waals surface area contributed by atoms with Crippen LogP contribution in [0.15, 0.2) is 24.3 Å². The van der Waals surface area contributed by atoms with Gasteiger partial charge in [-0.1, -0.05) is 18.2 Å². The largest absolute Gasteiger partial charge is 0.335 e. The number of aryl methyl sites for hydroxylation is 1. The fourth-order valence-electron chi connectivity index (χ4n) is 1.82. The van der Waals surface area contributed by atoms with Crippen LogP contribution in [0, 0.1) is 0 Å². The molecule has 0 unspecified atom stereocenters. The second kappa shape index (κ2) is 3.67. The second-order valence-electron chi connectivity index (χ2n) is 3.33. The summed E-state index contributed by atoms with van der Waals surface area (Å²) in [5.41, 5.74) is 4.35. The maximum absolute atomic E-state index is 11.4. The number of nitrogens with zero attached hydrogens (tertiary/aromatic N) is 1. The number of hydrogen-bond donors (Lipinski definition) is 2. The predicted octanol–water partition coefficient (Wildman–Crippen LogP) is 1.02. The number of carbonyl (C=O) groups is 1. The first-order valence-corrected chi connectivity index (χ1v) is 4.69. The second-order valence-corrected chi connectivity index (χ2v) is 3.33. The Balaban J connectivity index is 2.35. The van der Waals surface area contributed by atoms with Crippen molar-refractivity contribution in [2.45, 2.75) is 12.8 Å². The van der Waals surface area contributed by atoms with Gasteiger partial charge in [-0.3, -0.25) is 10.3 Å². The van der Waals surface area contributed by atoms with E-state index in [9.17, 15) is 4.79 Å². The number of hydrogen-bond acceptors (Lipinski definition) is 2. The SMILES string of the molecule is NNC(=O)N1CCCc2ccccc21. The number of amides is 2. The monoisotopic (exact) mass is 191 g/mol. The number of fused-ring (bicyclic) bond motifs is 1. The van der Waals surface area contributed by atoms with E-state index in [4.69, 9.17) is 5.84 Å². The Morgan fingerprint density at radius 3 is 3.00 bits per heavy atom. The van der Waals surface area contributed by atoms with Crippen LogP contribution in [0.3, 0.4) is 0 Å². The summed E-state index contributed by atoms with van der Waals surface area (Å²) in [7, 11) is 0. The van der Waals surface area contributed by atoms with E-state index in [2.05, 4.69) is 5.43 Å². The molecule has 2 amide bonds. The summed E-state index contributed by atoms with van der Waals surface area (Å²) in [6.07, 6.45) is 2.02. The first kappa shape index (κ1) is 9.02. The number of hydrazine groups is 1. The van der Waals surface area contributed by atoms with Crippen molar-refractivity contribution >= 4 is 11.7 Å². The molecule has 1 aromatic rings. The van der Waals surface area contributed by atoms with E-state index < -0.39 is 0 Å². The highest BCUT2D eigenvalue weighted by Gasteiger charge is 2.20. The van der Waals surface area contributed by atoms with E-state index >= 15 is 0 Å². The van der Waals surface area contributed by atoms with Gasteiger partial charge in [0.2, 0.25) is 0 Å². The molecule has 0 fully saturated rings. The highest BCUT2D eigenvalue weighted by atomic mass is 16.2. The first-order chi connectivity index (χ1) is 6.83. The molecule has 1 aromatic carbocycles. The Kier molecular flexibility index (Phi) is 2.37. The molecule has 0 spiro atoms. The molecule has 0 atom stereocenters. The first-order valence-electron chi connectivity index (χ1n) is 4.69. The van der Waals surface area contributed by atoms with E-state index in [0.717, 1.165) is 25.1 Å². The lowest BCUT2D eigenvalue weighted by atomic mass is 10.0. The maximum atomic E-state index is 11.4. The predicted molar refractivity (Wildman–Crippen MR) is 54.8 cm³/mol. The number of benzene rings is 1. The van der Waals surface area contributed by atoms with Crippen molar-refractivity contribution in [2.24, 2.45) is 5.84 Å². The third kappa shape index (κ3) is 1.44. The van der Waals surface area contributed by atoms with Crippen LogP contribution < -0.4 is 16.2 Å². The molecule has 0 aromatic heterocycles. The van der Waals surface area contributed by atoms with Crippen LogP contribution in [0.25, 0.3) is 0 Å². The highest BCUT2D eigenvalue weighted by Crippen LogP contribution is 2.26. The van der Waals surface area contributed by atoms with E-state index in [-0.39, 0.29) is 6.03 Å². The Morgan fingerprint density at radius 1 is 1.43 bits per heavy atom. The third-order valence-corrected chi connectivity index (χ3v) is 2.48. The highest BCUT2D eigenvalue weighted by molar-refractivity contribution is 5.92. The lowest BCUT2D eigenvalue weighted by molar-refractivity contribution is 0.246. The summed E-state index contributed by atoms with van der Waals surface area (Å²) >= 11 is 0. The third-order valence-electron chi connectivity index (χ3n) is 2.48. The molecule has 3 N–H and O–H groups in total. The molecule has 74 valence electrons. The molecule has 1 aliphatic heterocycles. The van der Waals surface area contributed by atoms with Gasteiger partial charge in [0.1, 0.15) is 0 Å². The topological polar surface area (TPSA) is 58.4 Å². The number of nitrogens with one attached hydrogen (secondary N) is 1. The van der Waals surface area contributed by atoms with Gasteiger partial charge in [0.05, 0.1) is 0 Å². The normalized spacial score (nSPS) is 14.8. The minimum atomic E-state index is -0.239. The summed E-state index contributed by atoms with van der Waals surface area (Å²) in [6, 6.07) is 7.68. The van der Waals surface area contributed by atoms with Crippen LogP contribution in [-0.4, -0.2) is 12.6 Å². The Labute approximate surface area is 82.7 Å². The molecule has 14 heavy (non-hydrogen) atoms. The van der Waals surface area contributed by atoms with Crippen molar-refractivity contribution in [3.05, 3.63) is 29.8 Å². The molecular weight excluding hydrogens is 178 g/mol. The number of rotatable bonds is 0. The Hall–Kier alpha value is -1.55. The Morgan fingerprint density at radius 2 is 2.21 bits per heavy atom. The lowest BCUT2D eigenvalue weighted by Gasteiger charge is -2.28. The molecule has 2 rings (SSSR count). The smallest absolute Gasteiger partial charge is 0.293 e. The number of urea groups is 1. The van der Waals surface area contributed by atoms with Gasteiger partial charge in [0, 0.05) is 12.2 Å². The van der Waals surface area contributed by atoms with Gasteiger partial charge in [0.15, 0.2) is 0 Å². The number of para-hydroxylation sites is 1. The van der Waals surface area contributed by atoms with Crippen LogP contribution in [-0.2, 0) is 6.42 Å². The zero-order valence-corrected chi connectivity index (χ0v) is 7.86. The van der Waals surface area contributed by atoms with Crippen LogP contribution in [0.2, 0.25) is 0 Å². The summed E-state index contributed by atoms with van der Waals surface area (Å²) in [6.45, 7) is 0.736. The van der Waals surface area contributed by atoms with Gasteiger partial charge in [-0.15, -0.1) is 0 Å². The Bertz CT molecular complexity index is 351. The molecule has 1 aliphatic rings. The van der Waals surface area contributed by atoms with Crippen molar-refractivity contribution < 1.29 is 4.79 Å². The molecule has 0 saturated carbocycles. The van der Waals surface area contributed by atoms with Crippen LogP contribution in [0.5, 0.6) is 0 Å². The standard InChI is InChI=1S/C10H13N3O/c11-12-10(14)13-7-3-5-8-4-1-2-6-9(8)13/h1-2,4,6H,3,5,7,11H2,(H,12,14). The molecule has 1 heterocycles. The lowest BCUT2D eigenvalue weighted by Crippen LogP contribution is -2.45. The van der Waals surface area contributed by atoms with Crippen molar-refractivity contribution in [3.63, 3.8) is 0 Å². The van der Waals surface area contributed by atoms with Crippen LogP contribution in [0.1, 0.15) is 12.0 Å². The fraction of sp³-hybridized carbons (Fsp3) is 0.300. The van der Waals surface area contributed by atoms with Gasteiger partial charge in [-0.05, 0) is 24.5 Å². The van der Waals surface area contributed by atoms with Gasteiger partial charge >= 0.3 is 6.03 Å². The van der Waals surface area contributed by atoms with Gasteiger partial charge in [0.25, 0.3) is 0 Å². The number of anilines is 1. The molecule has 4 nitrogen and oxygen atoms in total. The summed E-state index contributed by atoms with van der Waals surface area (Å²) < 4.78 is 0. The molecule has 0 saturated heterocycles. The molecule has 4 heteroatoms. The molecule has 0 radical (unpaired) electrons. The quantitative estimate of drug-likeness (QED) is 0.365. The van der Waals surface area contributed by atoms with Crippen LogP contribution in [0.4, 0.5) is 10.5 Å². The number of nitrogens with two attached hydrogens (primary N) is 1. The minimum Gasteiger partial charge on any atom is -0.293 e. The number of carbonyl (C=O) groups excluding carboxylic acids is 1. The molecule has 0 bridgehead atoms. The van der Waals surface area contributed by atoms with Crippen molar-refractivity contribution in [2.75, 3.05) is 11.4 Å². The molecule has 0 aliphatic carbocycles. The summed E-state index contributed by atoms with van der Waals surface area (Å²) in [4.78, 5) is 13.1. The zero-order chi connectivity index (χ0) is 9.97. The zero-order valence-electron chi connectivity index (χ0n) is 7.86. The van der Waals surface area contributed by atoms with Crippen LogP contribution >= 0.6 is 0 Å². The fourth-order valence-corrected chi connectivity index (χ4v) is 1.82. The summed E-state index contributed by atoms with van der Waals surface area (Å²) in [5, 5.41) is 0. The molecular formula is C10H13N3O. The maximum Gasteiger partial charge on any atom is 0.335 e. The average Bonchev–Trinajstić information content (AvgIpc) is 2.27. The van der Waals surface area contributed by atoms with Crippen molar-refractivity contribution in [1.82, 2.24) is 5.43 Å². The van der Waals surface area contributed by atoms with Gasteiger partial charge in [-0.25, -0.2) is 10.6 Å². The average molecular weight is 191 g/mol. The van der Waals surface area contributed by atoms with Crippen molar-refractivity contribution in [1.29, 1.82) is 0 Å². The summed E-state index contributed by atoms with van der Waals surface area (Å²) in [5.74, 6) is 5.12. The van der Waals surface area contributed by atoms with E-state index in [1.165, 1.54) is 5.56 Å². The minimum absolute atomic E-state index is 0.239. The van der Waals surface area contributed by atoms with Crippen molar-refractivity contribution in [3.8, 4) is 0 Å². The van der Waals surface area contributed by atoms with Gasteiger partial charge < -0.3 is 0 Å².